The van der Waals surface area contributed by atoms with Crippen molar-refractivity contribution in [1.29, 1.82) is 0 Å². The molecule has 9 heteroatoms. The molecular formula is C17H13F3IN3O2. The lowest BCUT2D eigenvalue weighted by molar-refractivity contribution is -0.137. The molecule has 0 unspecified atom stereocenters. The minimum atomic E-state index is -4.52. The smallest absolute Gasteiger partial charge is 0.343 e. The largest absolute Gasteiger partial charge is 0.417 e. The number of alkyl halides is 3. The molecule has 0 aromatic heterocycles. The fourth-order valence-corrected chi connectivity index (χ4v) is 2.61. The second kappa shape index (κ2) is 8.79. The Morgan fingerprint density at radius 1 is 1.08 bits per heavy atom. The molecule has 136 valence electrons. The minimum Gasteiger partial charge on any atom is -0.343 e. The first-order valence-electron chi connectivity index (χ1n) is 7.30. The van der Waals surface area contributed by atoms with Crippen molar-refractivity contribution in [2.75, 3.05) is 6.54 Å². The summed E-state index contributed by atoms with van der Waals surface area (Å²) in [6, 6.07) is 11.7. The van der Waals surface area contributed by atoms with E-state index in [1.165, 1.54) is 18.2 Å². The van der Waals surface area contributed by atoms with Crippen molar-refractivity contribution < 1.29 is 22.8 Å². The Morgan fingerprint density at radius 3 is 2.42 bits per heavy atom. The van der Waals surface area contributed by atoms with E-state index in [2.05, 4.69) is 15.8 Å². The molecule has 2 aromatic rings. The molecule has 0 spiro atoms. The Bertz CT molecular complexity index is 838. The fraction of sp³-hybridized carbons (Fsp3) is 0.118. The summed E-state index contributed by atoms with van der Waals surface area (Å²) in [7, 11) is 0. The zero-order valence-electron chi connectivity index (χ0n) is 13.2. The van der Waals surface area contributed by atoms with Gasteiger partial charge in [0.2, 0.25) is 0 Å². The first-order valence-corrected chi connectivity index (χ1v) is 8.38. The topological polar surface area (TPSA) is 70.6 Å². The van der Waals surface area contributed by atoms with E-state index in [0.717, 1.165) is 15.9 Å². The highest BCUT2D eigenvalue weighted by atomic mass is 127. The minimum absolute atomic E-state index is 0.178. The Kier molecular flexibility index (Phi) is 6.72. The van der Waals surface area contributed by atoms with Crippen molar-refractivity contribution >= 4 is 40.6 Å². The normalized spacial score (nSPS) is 11.4. The number of carbonyl (C=O) groups is 2. The van der Waals surface area contributed by atoms with Gasteiger partial charge >= 0.3 is 6.18 Å². The van der Waals surface area contributed by atoms with Crippen molar-refractivity contribution in [3.05, 3.63) is 68.8 Å². The number of hydrazone groups is 1. The van der Waals surface area contributed by atoms with Gasteiger partial charge in [-0.25, -0.2) is 5.43 Å². The summed E-state index contributed by atoms with van der Waals surface area (Å²) in [4.78, 5) is 23.6. The molecule has 0 heterocycles. The van der Waals surface area contributed by atoms with Crippen LogP contribution in [0.5, 0.6) is 0 Å². The first kappa shape index (κ1) is 19.9. The molecule has 0 saturated carbocycles. The maximum Gasteiger partial charge on any atom is 0.417 e. The number of hydrogen-bond donors (Lipinski definition) is 2. The lowest BCUT2D eigenvalue weighted by atomic mass is 10.1. The number of hydrogen-bond acceptors (Lipinski definition) is 3. The molecule has 0 atom stereocenters. The fourth-order valence-electron chi connectivity index (χ4n) is 1.98. The van der Waals surface area contributed by atoms with Crippen LogP contribution in [-0.2, 0) is 11.0 Å². The van der Waals surface area contributed by atoms with Gasteiger partial charge in [-0.05, 0) is 40.8 Å². The summed E-state index contributed by atoms with van der Waals surface area (Å²) in [6.07, 6.45) is -3.61. The van der Waals surface area contributed by atoms with Crippen LogP contribution in [-0.4, -0.2) is 24.6 Å². The Hall–Kier alpha value is -2.43. The van der Waals surface area contributed by atoms with Crippen molar-refractivity contribution in [3.8, 4) is 0 Å². The molecule has 0 aliphatic carbocycles. The van der Waals surface area contributed by atoms with E-state index in [9.17, 15) is 22.8 Å². The van der Waals surface area contributed by atoms with Crippen molar-refractivity contribution in [3.63, 3.8) is 0 Å². The van der Waals surface area contributed by atoms with Crippen LogP contribution in [0.25, 0.3) is 0 Å². The van der Waals surface area contributed by atoms with Gasteiger partial charge in [0, 0.05) is 9.13 Å². The van der Waals surface area contributed by atoms with Gasteiger partial charge in [0.05, 0.1) is 23.9 Å². The maximum atomic E-state index is 12.8. The van der Waals surface area contributed by atoms with Gasteiger partial charge in [-0.1, -0.05) is 30.3 Å². The lowest BCUT2D eigenvalue weighted by Crippen LogP contribution is -2.35. The van der Waals surface area contributed by atoms with Crippen molar-refractivity contribution in [2.24, 2.45) is 5.10 Å². The average molecular weight is 475 g/mol. The highest BCUT2D eigenvalue weighted by Crippen LogP contribution is 2.30. The highest BCUT2D eigenvalue weighted by Gasteiger charge is 2.32. The molecule has 26 heavy (non-hydrogen) atoms. The Labute approximate surface area is 160 Å². The predicted octanol–water partition coefficient (Wildman–Crippen LogP) is 3.19. The molecule has 0 radical (unpaired) electrons. The van der Waals surface area contributed by atoms with Crippen LogP contribution in [0.4, 0.5) is 13.2 Å². The number of carbonyl (C=O) groups excluding carboxylic acids is 2. The van der Waals surface area contributed by atoms with E-state index in [-0.39, 0.29) is 12.1 Å². The predicted molar refractivity (Wildman–Crippen MR) is 98.7 cm³/mol. The van der Waals surface area contributed by atoms with Crippen molar-refractivity contribution in [1.82, 2.24) is 10.7 Å². The number of rotatable bonds is 5. The molecule has 2 rings (SSSR count). The molecule has 0 saturated heterocycles. The molecule has 0 fully saturated rings. The van der Waals surface area contributed by atoms with Gasteiger partial charge in [0.1, 0.15) is 0 Å². The average Bonchev–Trinajstić information content (AvgIpc) is 2.59. The van der Waals surface area contributed by atoms with E-state index >= 15 is 0 Å². The second-order valence-electron chi connectivity index (χ2n) is 5.04. The first-order chi connectivity index (χ1) is 12.3. The lowest BCUT2D eigenvalue weighted by Gasteiger charge is -2.09. The van der Waals surface area contributed by atoms with Crippen molar-refractivity contribution in [2.45, 2.75) is 6.18 Å². The number of nitrogens with zero attached hydrogens (tertiary/aromatic N) is 1. The monoisotopic (exact) mass is 475 g/mol. The molecule has 2 N–H and O–H groups in total. The summed E-state index contributed by atoms with van der Waals surface area (Å²) in [5.74, 6) is -1.10. The zero-order chi connectivity index (χ0) is 19.2. The molecule has 2 amide bonds. The van der Waals surface area contributed by atoms with Gasteiger partial charge in [-0.15, -0.1) is 0 Å². The molecule has 0 bridgehead atoms. The third-order valence-electron chi connectivity index (χ3n) is 3.19. The van der Waals surface area contributed by atoms with E-state index < -0.39 is 23.6 Å². The number of amides is 2. The van der Waals surface area contributed by atoms with Crippen LogP contribution in [0.1, 0.15) is 21.5 Å². The molecule has 0 aliphatic heterocycles. The molecule has 2 aromatic carbocycles. The molecule has 5 nitrogen and oxygen atoms in total. The SMILES string of the molecule is O=C(CNC(=O)c1ccccc1I)N/N=C/c1ccccc1C(F)(F)F. The van der Waals surface area contributed by atoms with E-state index in [4.69, 9.17) is 0 Å². The zero-order valence-corrected chi connectivity index (χ0v) is 15.3. The summed E-state index contributed by atoms with van der Waals surface area (Å²) in [6.45, 7) is -0.359. The summed E-state index contributed by atoms with van der Waals surface area (Å²) >= 11 is 1.99. The Balaban J connectivity index is 1.91. The van der Waals surface area contributed by atoms with Gasteiger partial charge in [0.15, 0.2) is 0 Å². The van der Waals surface area contributed by atoms with Crippen LogP contribution < -0.4 is 10.7 Å². The summed E-state index contributed by atoms with van der Waals surface area (Å²) in [5.41, 5.74) is 1.46. The maximum absolute atomic E-state index is 12.8. The Morgan fingerprint density at radius 2 is 1.73 bits per heavy atom. The standard InChI is InChI=1S/C17H13F3IN3O2/c18-17(19,20)13-7-3-1-5-11(13)9-23-24-15(25)10-22-16(26)12-6-2-4-8-14(12)21/h1-9H,10H2,(H,22,26)(H,24,25)/b23-9+. The van der Waals surface area contributed by atoms with E-state index in [0.29, 0.717) is 5.56 Å². The summed E-state index contributed by atoms with van der Waals surface area (Å²) < 4.78 is 39.2. The second-order valence-corrected chi connectivity index (χ2v) is 6.20. The molecular weight excluding hydrogens is 462 g/mol. The van der Waals surface area contributed by atoms with E-state index in [1.807, 2.05) is 22.6 Å². The number of halogens is 4. The van der Waals surface area contributed by atoms with E-state index in [1.54, 1.807) is 24.3 Å². The van der Waals surface area contributed by atoms with Crippen LogP contribution in [0.3, 0.4) is 0 Å². The van der Waals surface area contributed by atoms with Crippen LogP contribution >= 0.6 is 22.6 Å². The third kappa shape index (κ3) is 5.55. The van der Waals surface area contributed by atoms with Gasteiger partial charge in [-0.2, -0.15) is 18.3 Å². The molecule has 0 aliphatic rings. The van der Waals surface area contributed by atoms with Crippen LogP contribution in [0, 0.1) is 3.57 Å². The number of benzene rings is 2. The summed E-state index contributed by atoms with van der Waals surface area (Å²) in [5, 5.41) is 5.92. The van der Waals surface area contributed by atoms with Crippen LogP contribution in [0.15, 0.2) is 53.6 Å². The number of nitrogens with one attached hydrogen (secondary N) is 2. The van der Waals surface area contributed by atoms with Gasteiger partial charge in [0.25, 0.3) is 11.8 Å². The van der Waals surface area contributed by atoms with Crippen LogP contribution in [0.2, 0.25) is 0 Å². The highest BCUT2D eigenvalue weighted by molar-refractivity contribution is 14.1. The van der Waals surface area contributed by atoms with Gasteiger partial charge in [-0.3, -0.25) is 9.59 Å². The third-order valence-corrected chi connectivity index (χ3v) is 4.13. The quantitative estimate of drug-likeness (QED) is 0.397. The van der Waals surface area contributed by atoms with Gasteiger partial charge < -0.3 is 5.32 Å².